The van der Waals surface area contributed by atoms with Gasteiger partial charge >= 0.3 is 0 Å². The molecule has 116 valence electrons. The van der Waals surface area contributed by atoms with E-state index in [0.717, 1.165) is 13.1 Å². The summed E-state index contributed by atoms with van der Waals surface area (Å²) in [6.45, 7) is 5.04. The van der Waals surface area contributed by atoms with Crippen molar-refractivity contribution in [3.8, 4) is 0 Å². The van der Waals surface area contributed by atoms with Gasteiger partial charge in [-0.2, -0.15) is 0 Å². The average Bonchev–Trinajstić information content (AvgIpc) is 2.80. The first-order valence-electron chi connectivity index (χ1n) is 7.19. The van der Waals surface area contributed by atoms with Crippen molar-refractivity contribution in [1.29, 1.82) is 0 Å². The Morgan fingerprint density at radius 2 is 2.00 bits per heavy atom. The lowest BCUT2D eigenvalue weighted by atomic mass is 9.90. The van der Waals surface area contributed by atoms with E-state index in [0.29, 0.717) is 5.02 Å². The number of likely N-dealkylation sites (N-methyl/N-ethyl adjacent to an activating group) is 1. The number of aliphatic hydroxyl groups is 1. The second kappa shape index (κ2) is 6.34. The van der Waals surface area contributed by atoms with Crippen molar-refractivity contribution in [2.24, 2.45) is 5.41 Å². The van der Waals surface area contributed by atoms with E-state index in [1.54, 1.807) is 13.8 Å². The van der Waals surface area contributed by atoms with Crippen molar-refractivity contribution >= 4 is 17.5 Å². The van der Waals surface area contributed by atoms with Gasteiger partial charge in [0, 0.05) is 30.1 Å². The van der Waals surface area contributed by atoms with Crippen LogP contribution >= 0.6 is 11.6 Å². The lowest BCUT2D eigenvalue weighted by Gasteiger charge is -2.26. The Morgan fingerprint density at radius 1 is 1.38 bits per heavy atom. The summed E-state index contributed by atoms with van der Waals surface area (Å²) in [6, 6.07) is 7.84. The maximum absolute atomic E-state index is 12.3. The number of hydrogen-bond donors (Lipinski definition) is 2. The number of halogens is 1. The molecule has 0 radical (unpaired) electrons. The predicted octanol–water partition coefficient (Wildman–Crippen LogP) is 1.87. The van der Waals surface area contributed by atoms with Crippen molar-refractivity contribution in [2.75, 3.05) is 26.7 Å². The molecule has 5 heteroatoms. The summed E-state index contributed by atoms with van der Waals surface area (Å²) in [6.07, 6.45) is 0. The molecule has 1 aliphatic rings. The molecule has 1 aliphatic heterocycles. The number of benzene rings is 1. The lowest BCUT2D eigenvalue weighted by molar-refractivity contribution is -0.132. The second-order valence-electron chi connectivity index (χ2n) is 6.50. The molecule has 2 N–H and O–H groups in total. The molecule has 0 spiro atoms. The van der Waals surface area contributed by atoms with E-state index in [9.17, 15) is 9.90 Å². The van der Waals surface area contributed by atoms with Crippen LogP contribution in [-0.4, -0.2) is 48.7 Å². The normalized spacial score (nSPS) is 23.3. The summed E-state index contributed by atoms with van der Waals surface area (Å²) in [5.74, 6) is 0.134. The Morgan fingerprint density at radius 3 is 2.57 bits per heavy atom. The molecule has 1 amide bonds. The van der Waals surface area contributed by atoms with Crippen molar-refractivity contribution in [3.63, 3.8) is 0 Å². The standard InChI is InChI=1S/C16H23ClN2O2/c1-16(2,10-20)15(21)18-14-9-19(3)8-13(14)11-4-6-12(17)7-5-11/h4-7,13-14,20H,8-10H2,1-3H3,(H,18,21)/t13-,14+/m0/s1. The molecule has 4 nitrogen and oxygen atoms in total. The van der Waals surface area contributed by atoms with Gasteiger partial charge in [-0.1, -0.05) is 23.7 Å². The Kier molecular flexibility index (Phi) is 4.91. The van der Waals surface area contributed by atoms with E-state index < -0.39 is 5.41 Å². The molecule has 0 unspecified atom stereocenters. The fraction of sp³-hybridized carbons (Fsp3) is 0.562. The molecule has 0 bridgehead atoms. The first-order chi connectivity index (χ1) is 9.83. The van der Waals surface area contributed by atoms with Crippen LogP contribution in [0.4, 0.5) is 0 Å². The summed E-state index contributed by atoms with van der Waals surface area (Å²) in [7, 11) is 2.05. The predicted molar refractivity (Wildman–Crippen MR) is 84.5 cm³/mol. The molecule has 0 aromatic heterocycles. The van der Waals surface area contributed by atoms with E-state index in [-0.39, 0.29) is 24.5 Å². The molecule has 1 saturated heterocycles. The van der Waals surface area contributed by atoms with Crippen LogP contribution in [0.5, 0.6) is 0 Å². The molecule has 2 atom stereocenters. The molecule has 1 fully saturated rings. The summed E-state index contributed by atoms with van der Waals surface area (Å²) < 4.78 is 0. The highest BCUT2D eigenvalue weighted by atomic mass is 35.5. The smallest absolute Gasteiger partial charge is 0.228 e. The number of hydrogen-bond acceptors (Lipinski definition) is 3. The highest BCUT2D eigenvalue weighted by Crippen LogP contribution is 2.28. The Bertz CT molecular complexity index is 502. The zero-order valence-corrected chi connectivity index (χ0v) is 13.5. The minimum atomic E-state index is -0.758. The topological polar surface area (TPSA) is 52.6 Å². The van der Waals surface area contributed by atoms with Gasteiger partial charge < -0.3 is 15.3 Å². The Balaban J connectivity index is 2.14. The zero-order chi connectivity index (χ0) is 15.6. The van der Waals surface area contributed by atoms with Gasteiger partial charge in [0.25, 0.3) is 0 Å². The molecule has 0 saturated carbocycles. The van der Waals surface area contributed by atoms with E-state index in [1.807, 2.05) is 31.3 Å². The number of amides is 1. The monoisotopic (exact) mass is 310 g/mol. The summed E-state index contributed by atoms with van der Waals surface area (Å²) >= 11 is 5.94. The maximum atomic E-state index is 12.3. The van der Waals surface area contributed by atoms with Crippen molar-refractivity contribution in [1.82, 2.24) is 10.2 Å². The molecule has 1 aromatic rings. The zero-order valence-electron chi connectivity index (χ0n) is 12.8. The Hall–Kier alpha value is -1.10. The second-order valence-corrected chi connectivity index (χ2v) is 6.94. The van der Waals surface area contributed by atoms with Gasteiger partial charge in [-0.3, -0.25) is 4.79 Å². The van der Waals surface area contributed by atoms with Crippen LogP contribution in [0.1, 0.15) is 25.3 Å². The van der Waals surface area contributed by atoms with Gasteiger partial charge in [-0.25, -0.2) is 0 Å². The van der Waals surface area contributed by atoms with Crippen molar-refractivity contribution in [3.05, 3.63) is 34.9 Å². The first kappa shape index (κ1) is 16.3. The number of likely N-dealkylation sites (tertiary alicyclic amines) is 1. The fourth-order valence-corrected chi connectivity index (χ4v) is 2.76. The van der Waals surface area contributed by atoms with Crippen LogP contribution in [0.2, 0.25) is 5.02 Å². The maximum Gasteiger partial charge on any atom is 0.228 e. The van der Waals surface area contributed by atoms with Gasteiger partial charge in [-0.05, 0) is 38.6 Å². The number of carbonyl (C=O) groups is 1. The first-order valence-corrected chi connectivity index (χ1v) is 7.57. The third-order valence-electron chi connectivity index (χ3n) is 4.13. The van der Waals surface area contributed by atoms with Crippen LogP contribution in [0.25, 0.3) is 0 Å². The molecule has 1 aromatic carbocycles. The third-order valence-corrected chi connectivity index (χ3v) is 4.38. The van der Waals surface area contributed by atoms with E-state index in [1.165, 1.54) is 5.56 Å². The number of nitrogens with one attached hydrogen (secondary N) is 1. The molecular formula is C16H23ClN2O2. The number of aliphatic hydroxyl groups excluding tert-OH is 1. The number of nitrogens with zero attached hydrogens (tertiary/aromatic N) is 1. The van der Waals surface area contributed by atoms with Crippen molar-refractivity contribution < 1.29 is 9.90 Å². The van der Waals surface area contributed by atoms with E-state index in [4.69, 9.17) is 11.6 Å². The van der Waals surface area contributed by atoms with Crippen LogP contribution in [0.3, 0.4) is 0 Å². The summed E-state index contributed by atoms with van der Waals surface area (Å²) in [5.41, 5.74) is 0.418. The SMILES string of the molecule is CN1C[C@@H](NC(=O)C(C)(C)CO)[C@H](c2ccc(Cl)cc2)C1. The number of rotatable bonds is 4. The minimum Gasteiger partial charge on any atom is -0.395 e. The van der Waals surface area contributed by atoms with Crippen LogP contribution in [0.15, 0.2) is 24.3 Å². The van der Waals surface area contributed by atoms with E-state index in [2.05, 4.69) is 10.2 Å². The molecule has 21 heavy (non-hydrogen) atoms. The highest BCUT2D eigenvalue weighted by molar-refractivity contribution is 6.30. The van der Waals surface area contributed by atoms with Crippen molar-refractivity contribution in [2.45, 2.75) is 25.8 Å². The summed E-state index contributed by atoms with van der Waals surface area (Å²) in [5, 5.41) is 13.1. The summed E-state index contributed by atoms with van der Waals surface area (Å²) in [4.78, 5) is 14.5. The van der Waals surface area contributed by atoms with Crippen LogP contribution in [0, 0.1) is 5.41 Å². The van der Waals surface area contributed by atoms with Crippen LogP contribution in [-0.2, 0) is 4.79 Å². The largest absolute Gasteiger partial charge is 0.395 e. The van der Waals surface area contributed by atoms with Gasteiger partial charge in [0.15, 0.2) is 0 Å². The van der Waals surface area contributed by atoms with Gasteiger partial charge in [0.1, 0.15) is 0 Å². The Labute approximate surface area is 131 Å². The highest BCUT2D eigenvalue weighted by Gasteiger charge is 2.36. The van der Waals surface area contributed by atoms with Gasteiger partial charge in [0.05, 0.1) is 12.0 Å². The molecule has 0 aliphatic carbocycles. The molecule has 1 heterocycles. The third kappa shape index (κ3) is 3.76. The quantitative estimate of drug-likeness (QED) is 0.893. The molecule has 2 rings (SSSR count). The van der Waals surface area contributed by atoms with Gasteiger partial charge in [0.2, 0.25) is 5.91 Å². The average molecular weight is 311 g/mol. The lowest BCUT2D eigenvalue weighted by Crippen LogP contribution is -2.47. The van der Waals surface area contributed by atoms with Crippen LogP contribution < -0.4 is 5.32 Å². The fourth-order valence-electron chi connectivity index (χ4n) is 2.63. The van der Waals surface area contributed by atoms with Gasteiger partial charge in [-0.15, -0.1) is 0 Å². The number of carbonyl (C=O) groups excluding carboxylic acids is 1. The minimum absolute atomic E-state index is 0.0505. The molecular weight excluding hydrogens is 288 g/mol. The van der Waals surface area contributed by atoms with E-state index >= 15 is 0 Å².